The van der Waals surface area contributed by atoms with E-state index in [-0.39, 0.29) is 12.6 Å². The Morgan fingerprint density at radius 3 is 2.60 bits per heavy atom. The maximum atomic E-state index is 12.1. The number of aliphatic hydroxyl groups is 1. The van der Waals surface area contributed by atoms with Crippen molar-refractivity contribution in [3.63, 3.8) is 0 Å². The Balaban J connectivity index is 2.65. The second kappa shape index (κ2) is 7.68. The minimum atomic E-state index is -1.32. The Morgan fingerprint density at radius 1 is 1.35 bits per heavy atom. The monoisotopic (exact) mass is 287 g/mol. The van der Waals surface area contributed by atoms with Gasteiger partial charge < -0.3 is 26.2 Å². The minimum absolute atomic E-state index is 0.0297. The Morgan fingerprint density at radius 2 is 2.05 bits per heavy atom. The molecule has 0 aromatic heterocycles. The highest BCUT2D eigenvalue weighted by molar-refractivity contribution is 5.87. The van der Waals surface area contributed by atoms with Gasteiger partial charge in [-0.25, -0.2) is 9.59 Å². The Bertz CT molecular complexity index is 372. The van der Waals surface area contributed by atoms with Crippen LogP contribution >= 0.6 is 0 Å². The van der Waals surface area contributed by atoms with E-state index in [2.05, 4.69) is 5.32 Å². The van der Waals surface area contributed by atoms with E-state index in [0.29, 0.717) is 13.0 Å². The summed E-state index contributed by atoms with van der Waals surface area (Å²) in [6, 6.07) is -1.95. The van der Waals surface area contributed by atoms with Crippen molar-refractivity contribution in [1.29, 1.82) is 0 Å². The Kier molecular flexibility index (Phi) is 6.23. The number of nitrogens with two attached hydrogens (primary N) is 1. The molecule has 0 aliphatic carbocycles. The van der Waals surface area contributed by atoms with Crippen LogP contribution < -0.4 is 11.1 Å². The van der Waals surface area contributed by atoms with Crippen LogP contribution in [0.4, 0.5) is 4.79 Å². The van der Waals surface area contributed by atoms with Gasteiger partial charge in [-0.3, -0.25) is 4.79 Å². The number of aliphatic carboxylic acids is 1. The van der Waals surface area contributed by atoms with Gasteiger partial charge in [-0.2, -0.15) is 0 Å². The fraction of sp³-hybridized carbons (Fsp3) is 0.750. The van der Waals surface area contributed by atoms with E-state index in [1.165, 1.54) is 4.90 Å². The first-order chi connectivity index (χ1) is 9.45. The van der Waals surface area contributed by atoms with Crippen molar-refractivity contribution < 1.29 is 24.6 Å². The quantitative estimate of drug-likeness (QED) is 0.510. The van der Waals surface area contributed by atoms with Crippen molar-refractivity contribution in [2.75, 3.05) is 13.2 Å². The van der Waals surface area contributed by atoms with Gasteiger partial charge in [-0.15, -0.1) is 0 Å². The van der Waals surface area contributed by atoms with Crippen LogP contribution in [0.2, 0.25) is 0 Å². The maximum absolute atomic E-state index is 12.1. The molecule has 20 heavy (non-hydrogen) atoms. The number of carboxylic acid groups (broad SMARTS) is 1. The number of likely N-dealkylation sites (tertiary alicyclic amines) is 1. The largest absolute Gasteiger partial charge is 0.480 e. The van der Waals surface area contributed by atoms with Crippen LogP contribution in [0, 0.1) is 0 Å². The van der Waals surface area contributed by atoms with Gasteiger partial charge in [0, 0.05) is 19.2 Å². The van der Waals surface area contributed by atoms with Gasteiger partial charge in [0.05, 0.1) is 6.42 Å². The number of primary amides is 1. The average molecular weight is 287 g/mol. The average Bonchev–Trinajstić information content (AvgIpc) is 2.38. The third kappa shape index (κ3) is 4.69. The van der Waals surface area contributed by atoms with Crippen LogP contribution in [0.25, 0.3) is 0 Å². The predicted octanol–water partition coefficient (Wildman–Crippen LogP) is -0.738. The molecule has 1 aliphatic heterocycles. The minimum Gasteiger partial charge on any atom is -0.480 e. The summed E-state index contributed by atoms with van der Waals surface area (Å²) in [6.45, 7) is 0.484. The molecule has 0 aromatic carbocycles. The van der Waals surface area contributed by atoms with Crippen molar-refractivity contribution >= 4 is 17.9 Å². The van der Waals surface area contributed by atoms with Crippen LogP contribution in [0.15, 0.2) is 0 Å². The molecule has 114 valence electrons. The number of amides is 3. The van der Waals surface area contributed by atoms with E-state index in [4.69, 9.17) is 15.9 Å². The number of piperidine rings is 1. The number of hydrogen-bond donors (Lipinski definition) is 4. The summed E-state index contributed by atoms with van der Waals surface area (Å²) in [6.07, 6.45) is 2.60. The molecule has 5 N–H and O–H groups in total. The first kappa shape index (κ1) is 16.2. The Hall–Kier alpha value is -1.83. The Labute approximate surface area is 116 Å². The molecule has 1 unspecified atom stereocenters. The summed E-state index contributed by atoms with van der Waals surface area (Å²) in [4.78, 5) is 35.4. The molecule has 0 aromatic rings. The van der Waals surface area contributed by atoms with Crippen molar-refractivity contribution in [3.05, 3.63) is 0 Å². The maximum Gasteiger partial charge on any atom is 0.326 e. The molecule has 8 heteroatoms. The third-order valence-corrected chi connectivity index (χ3v) is 3.35. The highest BCUT2D eigenvalue weighted by Crippen LogP contribution is 2.19. The molecule has 8 nitrogen and oxygen atoms in total. The van der Waals surface area contributed by atoms with E-state index >= 15 is 0 Å². The van der Waals surface area contributed by atoms with Gasteiger partial charge in [0.25, 0.3) is 0 Å². The summed E-state index contributed by atoms with van der Waals surface area (Å²) in [7, 11) is 0. The lowest BCUT2D eigenvalue weighted by atomic mass is 10.00. The lowest BCUT2D eigenvalue weighted by molar-refractivity contribution is -0.141. The molecule has 1 heterocycles. The molecular formula is C12H21N3O5. The number of hydrogen-bond acceptors (Lipinski definition) is 4. The van der Waals surface area contributed by atoms with Crippen molar-refractivity contribution in [2.45, 2.75) is 44.2 Å². The molecule has 1 saturated heterocycles. The van der Waals surface area contributed by atoms with Crippen molar-refractivity contribution in [3.8, 4) is 0 Å². The van der Waals surface area contributed by atoms with Gasteiger partial charge in [-0.05, 0) is 25.7 Å². The number of rotatable bonds is 6. The molecule has 0 radical (unpaired) electrons. The smallest absolute Gasteiger partial charge is 0.326 e. The van der Waals surface area contributed by atoms with Crippen LogP contribution in [-0.2, 0) is 9.59 Å². The highest BCUT2D eigenvalue weighted by atomic mass is 16.4. The summed E-state index contributed by atoms with van der Waals surface area (Å²) in [5.74, 6) is -2.09. The van der Waals surface area contributed by atoms with Crippen LogP contribution in [0.5, 0.6) is 0 Å². The fourth-order valence-electron chi connectivity index (χ4n) is 2.35. The second-order valence-electron chi connectivity index (χ2n) is 4.87. The van der Waals surface area contributed by atoms with E-state index < -0.39 is 30.4 Å². The lowest BCUT2D eigenvalue weighted by Crippen LogP contribution is -2.53. The fourth-order valence-corrected chi connectivity index (χ4v) is 2.35. The highest BCUT2D eigenvalue weighted by Gasteiger charge is 2.30. The zero-order chi connectivity index (χ0) is 15.1. The second-order valence-corrected chi connectivity index (χ2v) is 4.87. The number of aliphatic hydroxyl groups excluding tert-OH is 1. The van der Waals surface area contributed by atoms with E-state index in [9.17, 15) is 14.4 Å². The predicted molar refractivity (Wildman–Crippen MR) is 69.8 cm³/mol. The normalized spacial score (nSPS) is 20.2. The molecule has 2 atom stereocenters. The van der Waals surface area contributed by atoms with E-state index in [1.807, 2.05) is 0 Å². The number of nitrogens with one attached hydrogen (secondary N) is 1. The first-order valence-corrected chi connectivity index (χ1v) is 6.64. The van der Waals surface area contributed by atoms with Crippen LogP contribution in [0.1, 0.15) is 32.1 Å². The topological polar surface area (TPSA) is 133 Å². The van der Waals surface area contributed by atoms with Gasteiger partial charge in [0.15, 0.2) is 0 Å². The van der Waals surface area contributed by atoms with Crippen LogP contribution in [0.3, 0.4) is 0 Å². The van der Waals surface area contributed by atoms with E-state index in [0.717, 1.165) is 19.3 Å². The molecule has 0 saturated carbocycles. The number of carboxylic acids is 1. The SMILES string of the molecule is NC(=O)C[C@@H](NC(=O)N1CCCCC1CCO)C(=O)O. The number of nitrogens with zero attached hydrogens (tertiary/aromatic N) is 1. The molecule has 1 rings (SSSR count). The molecular weight excluding hydrogens is 266 g/mol. The summed E-state index contributed by atoms with van der Waals surface area (Å²) >= 11 is 0. The summed E-state index contributed by atoms with van der Waals surface area (Å²) in [5, 5.41) is 20.3. The number of carbonyl (C=O) groups is 3. The first-order valence-electron chi connectivity index (χ1n) is 6.64. The summed E-state index contributed by atoms with van der Waals surface area (Å²) in [5.41, 5.74) is 4.96. The number of carbonyl (C=O) groups excluding carboxylic acids is 2. The zero-order valence-corrected chi connectivity index (χ0v) is 11.2. The van der Waals surface area contributed by atoms with Crippen LogP contribution in [-0.4, -0.2) is 58.3 Å². The van der Waals surface area contributed by atoms with E-state index in [1.54, 1.807) is 0 Å². The molecule has 0 bridgehead atoms. The van der Waals surface area contributed by atoms with Gasteiger partial charge in [0.1, 0.15) is 6.04 Å². The third-order valence-electron chi connectivity index (χ3n) is 3.35. The molecule has 1 fully saturated rings. The van der Waals surface area contributed by atoms with Gasteiger partial charge >= 0.3 is 12.0 Å². The molecule has 1 aliphatic rings. The molecule has 0 spiro atoms. The molecule has 3 amide bonds. The van der Waals surface area contributed by atoms with Gasteiger partial charge in [-0.1, -0.05) is 0 Å². The summed E-state index contributed by atoms with van der Waals surface area (Å²) < 4.78 is 0. The zero-order valence-electron chi connectivity index (χ0n) is 11.2. The number of urea groups is 1. The van der Waals surface area contributed by atoms with Gasteiger partial charge in [0.2, 0.25) is 5.91 Å². The van der Waals surface area contributed by atoms with Crippen molar-refractivity contribution in [2.24, 2.45) is 5.73 Å². The lowest BCUT2D eigenvalue weighted by Gasteiger charge is -2.36. The standard InChI is InChI=1S/C12H21N3O5/c13-10(17)7-9(11(18)19)14-12(20)15-5-2-1-3-8(15)4-6-16/h8-9,16H,1-7H2,(H2,13,17)(H,14,20)(H,18,19)/t8?,9-/m1/s1. The van der Waals surface area contributed by atoms with Crippen molar-refractivity contribution in [1.82, 2.24) is 10.2 Å².